The summed E-state index contributed by atoms with van der Waals surface area (Å²) in [5, 5.41) is 0. The molecule has 2 heterocycles. The number of anilines is 1. The summed E-state index contributed by atoms with van der Waals surface area (Å²) >= 11 is 0. The van der Waals surface area contributed by atoms with Crippen molar-refractivity contribution < 1.29 is 14.3 Å². The third-order valence-corrected chi connectivity index (χ3v) is 2.69. The Bertz CT molecular complexity index is 719. The fraction of sp³-hybridized carbons (Fsp3) is 0.455. The van der Waals surface area contributed by atoms with Crippen molar-refractivity contribution in [2.24, 2.45) is 5.73 Å². The highest BCUT2D eigenvalue weighted by atomic mass is 16.6. The molecule has 10 heteroatoms. The number of esters is 1. The van der Waals surface area contributed by atoms with Gasteiger partial charge in [-0.25, -0.2) is 4.98 Å². The first-order valence-electron chi connectivity index (χ1n) is 6.11. The molecular formula is C11H16N6O4. The maximum atomic E-state index is 11.7. The lowest BCUT2D eigenvalue weighted by atomic mass is 10.4. The first-order valence-corrected chi connectivity index (χ1v) is 6.11. The van der Waals surface area contributed by atoms with Gasteiger partial charge in [-0.2, -0.15) is 4.98 Å². The van der Waals surface area contributed by atoms with E-state index in [0.29, 0.717) is 0 Å². The van der Waals surface area contributed by atoms with Gasteiger partial charge in [0.1, 0.15) is 12.9 Å². The van der Waals surface area contributed by atoms with Crippen molar-refractivity contribution in [3.63, 3.8) is 0 Å². The minimum Gasteiger partial charge on any atom is -0.463 e. The SMILES string of the molecule is CC(=O)OCCOC(C)(N)n1cnc2c(=O)[nH]c(N)nc21. The highest BCUT2D eigenvalue weighted by Crippen LogP contribution is 2.16. The first-order chi connectivity index (χ1) is 9.81. The lowest BCUT2D eigenvalue weighted by Crippen LogP contribution is -2.43. The van der Waals surface area contributed by atoms with E-state index in [1.807, 2.05) is 0 Å². The monoisotopic (exact) mass is 296 g/mol. The standard InChI is InChI=1S/C11H16N6O4/c1-6(18)20-3-4-21-11(2,13)17-5-14-7-8(17)15-10(12)16-9(7)19/h5H,3-4,13H2,1-2H3,(H3,12,15,16,19). The molecule has 10 nitrogen and oxygen atoms in total. The number of hydrogen-bond donors (Lipinski definition) is 3. The van der Waals surface area contributed by atoms with Crippen LogP contribution in [0.1, 0.15) is 13.8 Å². The van der Waals surface area contributed by atoms with Gasteiger partial charge in [-0.15, -0.1) is 0 Å². The highest BCUT2D eigenvalue weighted by molar-refractivity contribution is 5.70. The van der Waals surface area contributed by atoms with Crippen molar-refractivity contribution >= 4 is 23.1 Å². The van der Waals surface area contributed by atoms with Crippen LogP contribution in [-0.2, 0) is 20.1 Å². The van der Waals surface area contributed by atoms with Crippen LogP contribution in [0.2, 0.25) is 0 Å². The van der Waals surface area contributed by atoms with Crippen LogP contribution in [0, 0.1) is 0 Å². The van der Waals surface area contributed by atoms with Gasteiger partial charge in [-0.3, -0.25) is 24.9 Å². The smallest absolute Gasteiger partial charge is 0.302 e. The molecule has 0 aliphatic rings. The van der Waals surface area contributed by atoms with Crippen LogP contribution in [0.3, 0.4) is 0 Å². The van der Waals surface area contributed by atoms with Gasteiger partial charge in [0.2, 0.25) is 5.95 Å². The summed E-state index contributed by atoms with van der Waals surface area (Å²) in [5.74, 6) is -1.79. The molecule has 0 aliphatic carbocycles. The first kappa shape index (κ1) is 14.9. The Morgan fingerprint density at radius 2 is 2.24 bits per heavy atom. The maximum absolute atomic E-state index is 11.7. The van der Waals surface area contributed by atoms with Crippen molar-refractivity contribution in [2.45, 2.75) is 19.7 Å². The number of rotatable bonds is 5. The van der Waals surface area contributed by atoms with Crippen LogP contribution in [-0.4, -0.2) is 38.7 Å². The Labute approximate surface area is 119 Å². The van der Waals surface area contributed by atoms with Crippen LogP contribution in [0.25, 0.3) is 11.2 Å². The Morgan fingerprint density at radius 3 is 2.90 bits per heavy atom. The minimum atomic E-state index is -1.33. The Morgan fingerprint density at radius 1 is 1.52 bits per heavy atom. The van der Waals surface area contributed by atoms with Crippen molar-refractivity contribution in [1.29, 1.82) is 0 Å². The number of H-pyrrole nitrogens is 1. The highest BCUT2D eigenvalue weighted by Gasteiger charge is 2.25. The van der Waals surface area contributed by atoms with Gasteiger partial charge in [0.05, 0.1) is 6.61 Å². The molecule has 21 heavy (non-hydrogen) atoms. The van der Waals surface area contributed by atoms with E-state index in [0.717, 1.165) is 0 Å². The molecule has 2 aromatic rings. The second kappa shape index (κ2) is 5.50. The summed E-state index contributed by atoms with van der Waals surface area (Å²) in [6.45, 7) is 2.99. The third-order valence-electron chi connectivity index (χ3n) is 2.69. The third kappa shape index (κ3) is 3.17. The van der Waals surface area contributed by atoms with E-state index in [4.69, 9.17) is 20.9 Å². The van der Waals surface area contributed by atoms with Crippen molar-refractivity contribution in [3.8, 4) is 0 Å². The van der Waals surface area contributed by atoms with Gasteiger partial charge in [0.25, 0.3) is 5.56 Å². The number of nitrogen functional groups attached to an aromatic ring is 1. The number of imidazole rings is 1. The Hall–Kier alpha value is -2.46. The molecular weight excluding hydrogens is 280 g/mol. The molecule has 1 atom stereocenters. The Kier molecular flexibility index (Phi) is 3.91. The summed E-state index contributed by atoms with van der Waals surface area (Å²) in [4.78, 5) is 32.6. The van der Waals surface area contributed by atoms with Crippen LogP contribution < -0.4 is 17.0 Å². The number of fused-ring (bicyclic) bond motifs is 1. The fourth-order valence-electron chi connectivity index (χ4n) is 1.75. The Balaban J connectivity index is 2.24. The second-order valence-electron chi connectivity index (χ2n) is 4.48. The van der Waals surface area contributed by atoms with E-state index in [1.165, 1.54) is 17.8 Å². The van der Waals surface area contributed by atoms with Crippen molar-refractivity contribution in [3.05, 3.63) is 16.7 Å². The molecule has 114 valence electrons. The van der Waals surface area contributed by atoms with Crippen LogP contribution in [0.4, 0.5) is 5.95 Å². The van der Waals surface area contributed by atoms with Crippen molar-refractivity contribution in [1.82, 2.24) is 19.5 Å². The zero-order valence-corrected chi connectivity index (χ0v) is 11.6. The number of aromatic nitrogens is 4. The zero-order chi connectivity index (χ0) is 15.6. The predicted molar refractivity (Wildman–Crippen MR) is 73.0 cm³/mol. The number of carbonyl (C=O) groups is 1. The molecule has 2 aromatic heterocycles. The van der Waals surface area contributed by atoms with E-state index in [-0.39, 0.29) is 30.3 Å². The summed E-state index contributed by atoms with van der Waals surface area (Å²) in [7, 11) is 0. The molecule has 0 saturated carbocycles. The molecule has 0 radical (unpaired) electrons. The number of nitrogens with two attached hydrogens (primary N) is 2. The lowest BCUT2D eigenvalue weighted by Gasteiger charge is -2.26. The average molecular weight is 296 g/mol. The summed E-state index contributed by atoms with van der Waals surface area (Å²) in [6, 6.07) is 0. The topological polar surface area (TPSA) is 151 Å². The minimum absolute atomic E-state index is 0.0510. The number of nitrogens with zero attached hydrogens (tertiary/aromatic N) is 3. The molecule has 0 aromatic carbocycles. The summed E-state index contributed by atoms with van der Waals surface area (Å²) in [5.41, 5.74) is 11.4. The van der Waals surface area contributed by atoms with Gasteiger partial charge in [-0.05, 0) is 6.92 Å². The average Bonchev–Trinajstić information content (AvgIpc) is 2.79. The largest absolute Gasteiger partial charge is 0.463 e. The molecule has 5 N–H and O–H groups in total. The molecule has 0 amide bonds. The molecule has 0 saturated heterocycles. The van der Waals surface area contributed by atoms with E-state index in [9.17, 15) is 9.59 Å². The summed E-state index contributed by atoms with van der Waals surface area (Å²) in [6.07, 6.45) is 1.33. The number of nitrogens with one attached hydrogen (secondary N) is 1. The quantitative estimate of drug-likeness (QED) is 0.356. The van der Waals surface area contributed by atoms with Crippen LogP contribution in [0.5, 0.6) is 0 Å². The van der Waals surface area contributed by atoms with E-state index in [1.54, 1.807) is 6.92 Å². The number of aromatic amines is 1. The van der Waals surface area contributed by atoms with Crippen LogP contribution >= 0.6 is 0 Å². The normalized spacial score (nSPS) is 14.0. The zero-order valence-electron chi connectivity index (χ0n) is 11.6. The van der Waals surface area contributed by atoms with Gasteiger partial charge < -0.3 is 15.2 Å². The molecule has 2 rings (SSSR count). The van der Waals surface area contributed by atoms with Crippen LogP contribution in [0.15, 0.2) is 11.1 Å². The second-order valence-corrected chi connectivity index (χ2v) is 4.48. The van der Waals surface area contributed by atoms with Gasteiger partial charge >= 0.3 is 5.97 Å². The molecule has 0 bridgehead atoms. The summed E-state index contributed by atoms with van der Waals surface area (Å²) < 4.78 is 11.6. The van der Waals surface area contributed by atoms with E-state index < -0.39 is 17.4 Å². The van der Waals surface area contributed by atoms with Gasteiger partial charge in [-0.1, -0.05) is 0 Å². The van der Waals surface area contributed by atoms with E-state index >= 15 is 0 Å². The molecule has 0 aliphatic heterocycles. The number of hydrogen-bond acceptors (Lipinski definition) is 8. The maximum Gasteiger partial charge on any atom is 0.302 e. The number of ether oxygens (including phenoxy) is 2. The fourth-order valence-corrected chi connectivity index (χ4v) is 1.75. The van der Waals surface area contributed by atoms with Gasteiger partial charge in [0, 0.05) is 6.92 Å². The lowest BCUT2D eigenvalue weighted by molar-refractivity contribution is -0.148. The van der Waals surface area contributed by atoms with Gasteiger partial charge in [0.15, 0.2) is 17.0 Å². The number of carbonyl (C=O) groups excluding carboxylic acids is 1. The van der Waals surface area contributed by atoms with Crippen molar-refractivity contribution in [2.75, 3.05) is 18.9 Å². The molecule has 1 unspecified atom stereocenters. The molecule has 0 fully saturated rings. The molecule has 0 spiro atoms. The predicted octanol–water partition coefficient (Wildman–Crippen LogP) is -1.13. The van der Waals surface area contributed by atoms with E-state index in [2.05, 4.69) is 15.0 Å².